The third kappa shape index (κ3) is 4.53. The van der Waals surface area contributed by atoms with Crippen molar-refractivity contribution in [2.45, 2.75) is 19.8 Å². The molecule has 0 fully saturated rings. The highest BCUT2D eigenvalue weighted by molar-refractivity contribution is 5.74. The average Bonchev–Trinajstić information content (AvgIpc) is 2.47. The van der Waals surface area contributed by atoms with Crippen LogP contribution < -0.4 is 9.47 Å². The molecule has 0 heterocycles. The van der Waals surface area contributed by atoms with E-state index in [-0.39, 0.29) is 12.4 Å². The van der Waals surface area contributed by atoms with Gasteiger partial charge in [-0.2, -0.15) is 0 Å². The lowest BCUT2D eigenvalue weighted by atomic mass is 10.0. The van der Waals surface area contributed by atoms with Crippen molar-refractivity contribution in [3.8, 4) is 17.2 Å². The van der Waals surface area contributed by atoms with Gasteiger partial charge in [0.2, 0.25) is 0 Å². The first-order valence-electron chi connectivity index (χ1n) is 6.77. The van der Waals surface area contributed by atoms with Crippen molar-refractivity contribution in [2.24, 2.45) is 0 Å². The Morgan fingerprint density at radius 3 is 2.14 bits per heavy atom. The second-order valence-corrected chi connectivity index (χ2v) is 4.98. The maximum atomic E-state index is 11.7. The summed E-state index contributed by atoms with van der Waals surface area (Å²) in [5.74, 6) is 1.11. The fourth-order valence-corrected chi connectivity index (χ4v) is 1.77. The molecule has 0 aromatic heterocycles. The molecule has 110 valence electrons. The molecule has 0 saturated heterocycles. The van der Waals surface area contributed by atoms with Crippen LogP contribution in [0.2, 0.25) is 0 Å². The van der Waals surface area contributed by atoms with Gasteiger partial charge in [-0.3, -0.25) is 0 Å². The molecule has 2 rings (SSSR count). The molecule has 0 spiro atoms. The van der Waals surface area contributed by atoms with Gasteiger partial charge in [-0.05, 0) is 47.9 Å². The largest absolute Gasteiger partial charge is 0.508 e. The minimum Gasteiger partial charge on any atom is -0.508 e. The van der Waals surface area contributed by atoms with E-state index in [0.29, 0.717) is 17.4 Å². The number of hydrogen-bond donors (Lipinski definition) is 1. The Balaban J connectivity index is 1.85. The molecule has 0 radical (unpaired) electrons. The molecule has 0 aliphatic heterocycles. The van der Waals surface area contributed by atoms with Crippen LogP contribution in [0.1, 0.15) is 25.3 Å². The van der Waals surface area contributed by atoms with Crippen LogP contribution in [0.15, 0.2) is 48.5 Å². The van der Waals surface area contributed by atoms with E-state index in [1.54, 1.807) is 24.3 Å². The molecule has 2 aromatic carbocycles. The Morgan fingerprint density at radius 1 is 1.00 bits per heavy atom. The normalized spacial score (nSPS) is 10.4. The predicted octanol–water partition coefficient (Wildman–Crippen LogP) is 3.50. The van der Waals surface area contributed by atoms with Crippen LogP contribution in [0.4, 0.5) is 0 Å². The minimum atomic E-state index is -0.472. The molecule has 2 aromatic rings. The number of hydrogen-bond acceptors (Lipinski definition) is 4. The first-order valence-corrected chi connectivity index (χ1v) is 6.77. The molecule has 1 N–H and O–H groups in total. The molecule has 4 heteroatoms. The third-order valence-electron chi connectivity index (χ3n) is 2.97. The van der Waals surface area contributed by atoms with Crippen LogP contribution >= 0.6 is 0 Å². The Kier molecular flexibility index (Phi) is 4.82. The maximum Gasteiger partial charge on any atom is 0.349 e. The van der Waals surface area contributed by atoms with Gasteiger partial charge in [0.05, 0.1) is 0 Å². The zero-order valence-electron chi connectivity index (χ0n) is 12.1. The molecule has 0 amide bonds. The first kappa shape index (κ1) is 14.9. The molecule has 4 nitrogen and oxygen atoms in total. The SMILES string of the molecule is CC(C)c1ccc(OC(=O)COc2ccc(O)cc2)cc1. The van der Waals surface area contributed by atoms with Crippen LogP contribution in [0.5, 0.6) is 17.2 Å². The number of ether oxygens (including phenoxy) is 2. The summed E-state index contributed by atoms with van der Waals surface area (Å²) >= 11 is 0. The topological polar surface area (TPSA) is 55.8 Å². The quantitative estimate of drug-likeness (QED) is 0.675. The van der Waals surface area contributed by atoms with E-state index < -0.39 is 5.97 Å². The lowest BCUT2D eigenvalue weighted by Crippen LogP contribution is -2.17. The number of benzene rings is 2. The molecule has 21 heavy (non-hydrogen) atoms. The second-order valence-electron chi connectivity index (χ2n) is 4.98. The molecular weight excluding hydrogens is 268 g/mol. The summed E-state index contributed by atoms with van der Waals surface area (Å²) in [5.41, 5.74) is 1.19. The lowest BCUT2D eigenvalue weighted by molar-refractivity contribution is -0.136. The first-order chi connectivity index (χ1) is 10.0. The van der Waals surface area contributed by atoms with Gasteiger partial charge in [0.15, 0.2) is 6.61 Å². The number of phenols is 1. The van der Waals surface area contributed by atoms with E-state index in [1.165, 1.54) is 17.7 Å². The fraction of sp³-hybridized carbons (Fsp3) is 0.235. The number of phenolic OH excluding ortho intramolecular Hbond substituents is 1. The summed E-state index contributed by atoms with van der Waals surface area (Å²) in [4.78, 5) is 11.7. The molecule has 0 saturated carbocycles. The number of esters is 1. The van der Waals surface area contributed by atoms with Crippen molar-refractivity contribution in [1.29, 1.82) is 0 Å². The van der Waals surface area contributed by atoms with Crippen LogP contribution in [0.25, 0.3) is 0 Å². The number of carbonyl (C=O) groups excluding carboxylic acids is 1. The molecular formula is C17H18O4. The summed E-state index contributed by atoms with van der Waals surface area (Å²) in [6.45, 7) is 4.02. The highest BCUT2D eigenvalue weighted by Gasteiger charge is 2.07. The average molecular weight is 286 g/mol. The highest BCUT2D eigenvalue weighted by atomic mass is 16.6. The number of rotatable bonds is 5. The molecule has 0 aliphatic rings. The maximum absolute atomic E-state index is 11.7. The van der Waals surface area contributed by atoms with Gasteiger partial charge in [-0.1, -0.05) is 26.0 Å². The minimum absolute atomic E-state index is 0.148. The standard InChI is InChI=1S/C17H18O4/c1-12(2)13-3-7-16(8-4-13)21-17(19)11-20-15-9-5-14(18)6-10-15/h3-10,12,18H,11H2,1-2H3. The molecule has 0 aliphatic carbocycles. The number of carbonyl (C=O) groups is 1. The Labute approximate surface area is 123 Å². The summed E-state index contributed by atoms with van der Waals surface area (Å²) in [7, 11) is 0. The molecule has 0 atom stereocenters. The Morgan fingerprint density at radius 2 is 1.57 bits per heavy atom. The van der Waals surface area contributed by atoms with Crippen molar-refractivity contribution >= 4 is 5.97 Å². The summed E-state index contributed by atoms with van der Waals surface area (Å²) < 4.78 is 10.5. The van der Waals surface area contributed by atoms with Crippen molar-refractivity contribution in [1.82, 2.24) is 0 Å². The van der Waals surface area contributed by atoms with Crippen LogP contribution in [0.3, 0.4) is 0 Å². The van der Waals surface area contributed by atoms with E-state index in [9.17, 15) is 4.79 Å². The van der Waals surface area contributed by atoms with Gasteiger partial charge in [0, 0.05) is 0 Å². The smallest absolute Gasteiger partial charge is 0.349 e. The van der Waals surface area contributed by atoms with Gasteiger partial charge in [0.1, 0.15) is 17.2 Å². The van der Waals surface area contributed by atoms with Crippen LogP contribution in [-0.2, 0) is 4.79 Å². The van der Waals surface area contributed by atoms with Crippen molar-refractivity contribution in [2.75, 3.05) is 6.61 Å². The van der Waals surface area contributed by atoms with E-state index in [1.807, 2.05) is 12.1 Å². The van der Waals surface area contributed by atoms with Gasteiger partial charge < -0.3 is 14.6 Å². The van der Waals surface area contributed by atoms with Crippen molar-refractivity contribution in [3.05, 3.63) is 54.1 Å². The summed E-state index contributed by atoms with van der Waals surface area (Å²) in [6.07, 6.45) is 0. The van der Waals surface area contributed by atoms with Crippen molar-refractivity contribution < 1.29 is 19.4 Å². The second kappa shape index (κ2) is 6.79. The lowest BCUT2D eigenvalue weighted by Gasteiger charge is -2.08. The van der Waals surface area contributed by atoms with Gasteiger partial charge >= 0.3 is 5.97 Å². The third-order valence-corrected chi connectivity index (χ3v) is 2.97. The van der Waals surface area contributed by atoms with E-state index >= 15 is 0 Å². The van der Waals surface area contributed by atoms with Gasteiger partial charge in [-0.25, -0.2) is 4.79 Å². The van der Waals surface area contributed by atoms with Crippen LogP contribution in [0, 0.1) is 0 Å². The molecule has 0 bridgehead atoms. The number of aromatic hydroxyl groups is 1. The zero-order valence-corrected chi connectivity index (χ0v) is 12.1. The van der Waals surface area contributed by atoms with E-state index in [4.69, 9.17) is 14.6 Å². The van der Waals surface area contributed by atoms with Gasteiger partial charge in [0.25, 0.3) is 0 Å². The summed E-state index contributed by atoms with van der Waals surface area (Å²) in [6, 6.07) is 13.6. The summed E-state index contributed by atoms with van der Waals surface area (Å²) in [5, 5.41) is 9.14. The zero-order chi connectivity index (χ0) is 15.2. The van der Waals surface area contributed by atoms with Crippen LogP contribution in [-0.4, -0.2) is 17.7 Å². The Hall–Kier alpha value is -2.49. The highest BCUT2D eigenvalue weighted by Crippen LogP contribution is 2.19. The predicted molar refractivity (Wildman–Crippen MR) is 79.8 cm³/mol. The van der Waals surface area contributed by atoms with Crippen molar-refractivity contribution in [3.63, 3.8) is 0 Å². The monoisotopic (exact) mass is 286 g/mol. The van der Waals surface area contributed by atoms with Gasteiger partial charge in [-0.15, -0.1) is 0 Å². The van der Waals surface area contributed by atoms with E-state index in [2.05, 4.69) is 13.8 Å². The fourth-order valence-electron chi connectivity index (χ4n) is 1.77. The molecule has 0 unspecified atom stereocenters. The Bertz CT molecular complexity index is 585. The van der Waals surface area contributed by atoms with E-state index in [0.717, 1.165) is 0 Å².